The zero-order valence-corrected chi connectivity index (χ0v) is 21.4. The molecule has 1 amide bonds. The summed E-state index contributed by atoms with van der Waals surface area (Å²) >= 11 is 1.20. The van der Waals surface area contributed by atoms with Crippen LogP contribution < -0.4 is 15.4 Å². The molecule has 0 aliphatic carbocycles. The molecule has 9 heteroatoms. The Hall–Kier alpha value is -3.40. The number of amides is 1. The van der Waals surface area contributed by atoms with Crippen LogP contribution in [0.1, 0.15) is 33.4 Å². The number of ether oxygens (including phenoxy) is 1. The van der Waals surface area contributed by atoms with Crippen molar-refractivity contribution < 1.29 is 23.4 Å². The lowest BCUT2D eigenvalue weighted by Crippen LogP contribution is -2.48. The summed E-state index contributed by atoms with van der Waals surface area (Å²) < 4.78 is 33.7. The van der Waals surface area contributed by atoms with E-state index in [0.717, 1.165) is 22.8 Å². The highest BCUT2D eigenvalue weighted by Crippen LogP contribution is 2.26. The smallest absolute Gasteiger partial charge is 0.280 e. The number of halogens is 2. The summed E-state index contributed by atoms with van der Waals surface area (Å²) in [6.07, 6.45) is -0.0697. The minimum atomic E-state index is -1.03. The Balaban J connectivity index is 1.49. The molecule has 0 aliphatic rings. The maximum atomic E-state index is 13.8. The molecular weight excluding hydrogens is 496 g/mol. The van der Waals surface area contributed by atoms with Gasteiger partial charge in [0.15, 0.2) is 5.01 Å². The molecule has 0 radical (unpaired) electrons. The number of aromatic nitrogens is 1. The summed E-state index contributed by atoms with van der Waals surface area (Å²) in [5.74, 6) is -1.26. The van der Waals surface area contributed by atoms with E-state index >= 15 is 0 Å². The Morgan fingerprint density at radius 1 is 1.05 bits per heavy atom. The van der Waals surface area contributed by atoms with E-state index in [-0.39, 0.29) is 18.0 Å². The third-order valence-corrected chi connectivity index (χ3v) is 7.05. The van der Waals surface area contributed by atoms with E-state index in [2.05, 4.69) is 34.7 Å². The van der Waals surface area contributed by atoms with Crippen molar-refractivity contribution in [3.05, 3.63) is 94.0 Å². The van der Waals surface area contributed by atoms with E-state index < -0.39 is 29.7 Å². The number of thiazole rings is 1. The van der Waals surface area contributed by atoms with Crippen LogP contribution in [0.3, 0.4) is 0 Å². The molecule has 4 aromatic rings. The van der Waals surface area contributed by atoms with Gasteiger partial charge in [-0.25, -0.2) is 13.8 Å². The maximum absolute atomic E-state index is 13.8. The third-order valence-electron chi connectivity index (χ3n) is 6.03. The van der Waals surface area contributed by atoms with E-state index in [9.17, 15) is 18.7 Å². The van der Waals surface area contributed by atoms with Gasteiger partial charge in [-0.1, -0.05) is 31.2 Å². The van der Waals surface area contributed by atoms with Gasteiger partial charge >= 0.3 is 0 Å². The predicted octanol–water partition coefficient (Wildman–Crippen LogP) is 4.64. The Kier molecular flexibility index (Phi) is 8.81. The lowest BCUT2D eigenvalue weighted by Gasteiger charge is -2.24. The van der Waals surface area contributed by atoms with Gasteiger partial charge in [0.2, 0.25) is 0 Å². The molecule has 37 heavy (non-hydrogen) atoms. The van der Waals surface area contributed by atoms with Gasteiger partial charge in [-0.2, -0.15) is 0 Å². The van der Waals surface area contributed by atoms with Crippen LogP contribution in [0, 0.1) is 11.6 Å². The molecule has 3 aromatic carbocycles. The molecule has 0 aliphatic heterocycles. The van der Waals surface area contributed by atoms with Gasteiger partial charge in [-0.3, -0.25) is 4.79 Å². The number of aliphatic hydroxyl groups excluding tert-OH is 1. The molecule has 0 saturated heterocycles. The molecule has 6 nitrogen and oxygen atoms in total. The normalized spacial score (nSPS) is 12.9. The molecule has 1 aromatic heterocycles. The number of hydrogen-bond donors (Lipinski definition) is 3. The topological polar surface area (TPSA) is 83.5 Å². The first-order valence-electron chi connectivity index (χ1n) is 12.0. The van der Waals surface area contributed by atoms with E-state index in [1.807, 2.05) is 12.1 Å². The molecule has 0 fully saturated rings. The summed E-state index contributed by atoms with van der Waals surface area (Å²) in [6, 6.07) is 15.8. The number of fused-ring (bicyclic) bond motifs is 1. The standard InChI is InChI=1S/C28H29F2N3O3S/c1-3-17-5-4-6-18(9-17)15-31-16-25(34)24(12-19-10-20(29)13-21(30)11-19)32-27(35)28-33-23-8-7-22(36-2)14-26(23)37-28/h4-11,13-14,24-25,31,34H,3,12,15-16H2,1-2H3,(H,32,35)/t24-,25+/m0/s1. The predicted molar refractivity (Wildman–Crippen MR) is 141 cm³/mol. The number of rotatable bonds is 11. The molecule has 0 saturated carbocycles. The lowest BCUT2D eigenvalue weighted by molar-refractivity contribution is 0.0829. The molecule has 0 spiro atoms. The first-order chi connectivity index (χ1) is 17.8. The van der Waals surface area contributed by atoms with Crippen LogP contribution in [0.2, 0.25) is 0 Å². The second kappa shape index (κ2) is 12.2. The molecule has 0 unspecified atom stereocenters. The van der Waals surface area contributed by atoms with Gasteiger partial charge in [-0.05, 0) is 59.9 Å². The monoisotopic (exact) mass is 525 g/mol. The second-order valence-electron chi connectivity index (χ2n) is 8.79. The van der Waals surface area contributed by atoms with Crippen molar-refractivity contribution in [2.75, 3.05) is 13.7 Å². The Morgan fingerprint density at radius 3 is 2.54 bits per heavy atom. The fraction of sp³-hybridized carbons (Fsp3) is 0.286. The molecule has 4 rings (SSSR count). The molecule has 2 atom stereocenters. The zero-order valence-electron chi connectivity index (χ0n) is 20.6. The van der Waals surface area contributed by atoms with Crippen LogP contribution >= 0.6 is 11.3 Å². The first kappa shape index (κ1) is 26.7. The maximum Gasteiger partial charge on any atom is 0.280 e. The van der Waals surface area contributed by atoms with Crippen LogP contribution in [0.5, 0.6) is 5.75 Å². The number of carbonyl (C=O) groups is 1. The van der Waals surface area contributed by atoms with Crippen LogP contribution in [0.25, 0.3) is 10.2 Å². The first-order valence-corrected chi connectivity index (χ1v) is 12.8. The Bertz CT molecular complexity index is 1360. The Morgan fingerprint density at radius 2 is 1.81 bits per heavy atom. The Labute approximate surface area is 218 Å². The van der Waals surface area contributed by atoms with Crippen LogP contribution in [0.15, 0.2) is 60.7 Å². The number of aryl methyl sites for hydroxylation is 1. The minimum Gasteiger partial charge on any atom is -0.497 e. The van der Waals surface area contributed by atoms with Crippen LogP contribution in [-0.2, 0) is 19.4 Å². The average Bonchev–Trinajstić information content (AvgIpc) is 3.31. The van der Waals surface area contributed by atoms with E-state index in [4.69, 9.17) is 4.74 Å². The van der Waals surface area contributed by atoms with Crippen molar-refractivity contribution in [1.82, 2.24) is 15.6 Å². The highest BCUT2D eigenvalue weighted by atomic mass is 32.1. The van der Waals surface area contributed by atoms with Gasteiger partial charge < -0.3 is 20.5 Å². The number of nitrogens with one attached hydrogen (secondary N) is 2. The number of nitrogens with zero attached hydrogens (tertiary/aromatic N) is 1. The summed E-state index contributed by atoms with van der Waals surface area (Å²) in [4.78, 5) is 17.5. The summed E-state index contributed by atoms with van der Waals surface area (Å²) in [7, 11) is 1.56. The van der Waals surface area contributed by atoms with Gasteiger partial charge in [0, 0.05) is 19.2 Å². The van der Waals surface area contributed by atoms with E-state index in [0.29, 0.717) is 23.4 Å². The summed E-state index contributed by atoms with van der Waals surface area (Å²) in [6.45, 7) is 2.77. The lowest BCUT2D eigenvalue weighted by atomic mass is 10.0. The number of aliphatic hydroxyl groups is 1. The largest absolute Gasteiger partial charge is 0.497 e. The van der Waals surface area contributed by atoms with Crippen molar-refractivity contribution in [1.29, 1.82) is 0 Å². The molecule has 1 heterocycles. The molecule has 3 N–H and O–H groups in total. The minimum absolute atomic E-state index is 0.0350. The van der Waals surface area contributed by atoms with Gasteiger partial charge in [-0.15, -0.1) is 11.3 Å². The van der Waals surface area contributed by atoms with Crippen molar-refractivity contribution in [2.24, 2.45) is 0 Å². The number of carbonyl (C=O) groups excluding carboxylic acids is 1. The van der Waals surface area contributed by atoms with Crippen molar-refractivity contribution in [3.63, 3.8) is 0 Å². The van der Waals surface area contributed by atoms with Gasteiger partial charge in [0.05, 0.1) is 29.5 Å². The van der Waals surface area contributed by atoms with Crippen molar-refractivity contribution in [2.45, 2.75) is 38.5 Å². The van der Waals surface area contributed by atoms with E-state index in [1.165, 1.54) is 29.0 Å². The number of methoxy groups -OCH3 is 1. The SMILES string of the molecule is CCc1cccc(CNC[C@@H](O)[C@H](Cc2cc(F)cc(F)c2)NC(=O)c2nc3ccc(OC)cc3s2)c1. The molecular formula is C28H29F2N3O3S. The van der Waals surface area contributed by atoms with Crippen LogP contribution in [0.4, 0.5) is 8.78 Å². The van der Waals surface area contributed by atoms with Crippen LogP contribution in [-0.4, -0.2) is 41.8 Å². The number of benzene rings is 3. The highest BCUT2D eigenvalue weighted by Gasteiger charge is 2.24. The second-order valence-corrected chi connectivity index (χ2v) is 9.82. The van der Waals surface area contributed by atoms with Gasteiger partial charge in [0.25, 0.3) is 5.91 Å². The highest BCUT2D eigenvalue weighted by molar-refractivity contribution is 7.20. The fourth-order valence-corrected chi connectivity index (χ4v) is 4.99. The molecule has 194 valence electrons. The third kappa shape index (κ3) is 7.09. The molecule has 0 bridgehead atoms. The zero-order chi connectivity index (χ0) is 26.4. The van der Waals surface area contributed by atoms with Crippen molar-refractivity contribution in [3.8, 4) is 5.75 Å². The fourth-order valence-electron chi connectivity index (χ4n) is 4.09. The summed E-state index contributed by atoms with van der Waals surface area (Å²) in [5.41, 5.74) is 3.26. The van der Waals surface area contributed by atoms with Gasteiger partial charge in [0.1, 0.15) is 17.4 Å². The van der Waals surface area contributed by atoms with E-state index in [1.54, 1.807) is 25.3 Å². The quantitative estimate of drug-likeness (QED) is 0.266. The summed E-state index contributed by atoms with van der Waals surface area (Å²) in [5, 5.41) is 17.2. The van der Waals surface area contributed by atoms with Crippen molar-refractivity contribution >= 4 is 27.5 Å². The number of hydrogen-bond acceptors (Lipinski definition) is 6. The average molecular weight is 526 g/mol.